The number of amides is 1. The molecule has 6 nitrogen and oxygen atoms in total. The van der Waals surface area contributed by atoms with Gasteiger partial charge in [-0.2, -0.15) is 0 Å². The van der Waals surface area contributed by atoms with E-state index in [9.17, 15) is 13.2 Å². The molecule has 0 bridgehead atoms. The van der Waals surface area contributed by atoms with Gasteiger partial charge in [0.25, 0.3) is 15.9 Å². The maximum Gasteiger partial charge on any atom is 0.261 e. The van der Waals surface area contributed by atoms with Crippen molar-refractivity contribution in [2.75, 3.05) is 17.9 Å². The Balaban J connectivity index is 1.58. The molecule has 0 unspecified atom stereocenters. The highest BCUT2D eigenvalue weighted by Crippen LogP contribution is 2.22. The van der Waals surface area contributed by atoms with Gasteiger partial charge in [-0.3, -0.25) is 9.52 Å². The standard InChI is InChI=1S/C25H28N2O4S/c1-3-8-20-13-15-21(16-14-20)31-18-17-26-25(28)23-11-7-12-24(19(23)2)27-32(29,30)22-9-5-4-6-10-22/h4-7,9-16,27H,3,8,17-18H2,1-2H3,(H,26,28). The lowest BCUT2D eigenvalue weighted by Gasteiger charge is -2.14. The first-order valence-electron chi connectivity index (χ1n) is 10.6. The fourth-order valence-corrected chi connectivity index (χ4v) is 4.41. The number of carbonyl (C=O) groups excluding carboxylic acids is 1. The summed E-state index contributed by atoms with van der Waals surface area (Å²) < 4.78 is 33.5. The van der Waals surface area contributed by atoms with Gasteiger partial charge in [-0.1, -0.05) is 49.7 Å². The first-order chi connectivity index (χ1) is 15.4. The van der Waals surface area contributed by atoms with E-state index in [2.05, 4.69) is 17.0 Å². The molecule has 1 amide bonds. The predicted molar refractivity (Wildman–Crippen MR) is 127 cm³/mol. The summed E-state index contributed by atoms with van der Waals surface area (Å²) in [6, 6.07) is 21.0. The second-order valence-corrected chi connectivity index (χ2v) is 9.08. The van der Waals surface area contributed by atoms with Gasteiger partial charge in [-0.05, 0) is 60.9 Å². The molecule has 168 valence electrons. The Bertz CT molecular complexity index is 1140. The van der Waals surface area contributed by atoms with Crippen LogP contribution in [0.5, 0.6) is 5.75 Å². The minimum absolute atomic E-state index is 0.161. The first kappa shape index (κ1) is 23.3. The predicted octanol–water partition coefficient (Wildman–Crippen LogP) is 4.56. The van der Waals surface area contributed by atoms with Gasteiger partial charge in [-0.15, -0.1) is 0 Å². The Morgan fingerprint density at radius 1 is 0.938 bits per heavy atom. The normalized spacial score (nSPS) is 11.1. The molecule has 2 N–H and O–H groups in total. The number of hydrogen-bond acceptors (Lipinski definition) is 4. The Morgan fingerprint density at radius 2 is 1.66 bits per heavy atom. The average Bonchev–Trinajstić information content (AvgIpc) is 2.80. The van der Waals surface area contributed by atoms with Crippen LogP contribution in [-0.2, 0) is 16.4 Å². The molecule has 0 saturated heterocycles. The lowest BCUT2D eigenvalue weighted by atomic mass is 10.1. The second kappa shape index (κ2) is 10.8. The smallest absolute Gasteiger partial charge is 0.261 e. The quantitative estimate of drug-likeness (QED) is 0.442. The summed E-state index contributed by atoms with van der Waals surface area (Å²) in [7, 11) is -3.74. The third kappa shape index (κ3) is 6.11. The van der Waals surface area contributed by atoms with Crippen molar-refractivity contribution in [3.05, 3.63) is 89.5 Å². The van der Waals surface area contributed by atoms with Crippen LogP contribution < -0.4 is 14.8 Å². The second-order valence-electron chi connectivity index (χ2n) is 7.39. The highest BCUT2D eigenvalue weighted by atomic mass is 32.2. The molecule has 0 atom stereocenters. The third-order valence-corrected chi connectivity index (χ3v) is 6.38. The fourth-order valence-electron chi connectivity index (χ4n) is 3.27. The van der Waals surface area contributed by atoms with Crippen LogP contribution in [0.25, 0.3) is 0 Å². The average molecular weight is 453 g/mol. The van der Waals surface area contributed by atoms with Crippen LogP contribution in [-0.4, -0.2) is 27.5 Å². The molecular formula is C25H28N2O4S. The summed E-state index contributed by atoms with van der Waals surface area (Å²) in [5.41, 5.74) is 2.59. The van der Waals surface area contributed by atoms with Crippen LogP contribution in [0, 0.1) is 6.92 Å². The van der Waals surface area contributed by atoms with Crippen LogP contribution in [0.1, 0.15) is 34.8 Å². The molecule has 32 heavy (non-hydrogen) atoms. The minimum atomic E-state index is -3.74. The zero-order chi connectivity index (χ0) is 23.0. The van der Waals surface area contributed by atoms with E-state index in [0.717, 1.165) is 18.6 Å². The molecule has 0 fully saturated rings. The van der Waals surface area contributed by atoms with Gasteiger partial charge < -0.3 is 10.1 Å². The van der Waals surface area contributed by atoms with Gasteiger partial charge in [-0.25, -0.2) is 8.42 Å². The summed E-state index contributed by atoms with van der Waals surface area (Å²) in [4.78, 5) is 12.8. The molecule has 0 radical (unpaired) electrons. The van der Waals surface area contributed by atoms with Crippen molar-refractivity contribution >= 4 is 21.6 Å². The fraction of sp³-hybridized carbons (Fsp3) is 0.240. The molecule has 0 saturated carbocycles. The number of rotatable bonds is 10. The van der Waals surface area contributed by atoms with Gasteiger partial charge in [0.15, 0.2) is 0 Å². The molecule has 0 aromatic heterocycles. The Morgan fingerprint density at radius 3 is 2.34 bits per heavy atom. The maximum absolute atomic E-state index is 12.6. The van der Waals surface area contributed by atoms with Gasteiger partial charge in [0.1, 0.15) is 12.4 Å². The van der Waals surface area contributed by atoms with Crippen molar-refractivity contribution in [2.45, 2.75) is 31.6 Å². The van der Waals surface area contributed by atoms with E-state index in [-0.39, 0.29) is 10.8 Å². The molecule has 3 aromatic rings. The van der Waals surface area contributed by atoms with Gasteiger partial charge in [0.05, 0.1) is 17.1 Å². The molecule has 0 aliphatic carbocycles. The van der Waals surface area contributed by atoms with Gasteiger partial charge in [0.2, 0.25) is 0 Å². The molecule has 7 heteroatoms. The number of nitrogens with one attached hydrogen (secondary N) is 2. The Labute approximate surface area is 189 Å². The maximum atomic E-state index is 12.6. The van der Waals surface area contributed by atoms with E-state index in [4.69, 9.17) is 4.74 Å². The van der Waals surface area contributed by atoms with E-state index < -0.39 is 10.0 Å². The summed E-state index contributed by atoms with van der Waals surface area (Å²) >= 11 is 0. The van der Waals surface area contributed by atoms with Crippen molar-refractivity contribution < 1.29 is 17.9 Å². The number of hydrogen-bond donors (Lipinski definition) is 2. The zero-order valence-electron chi connectivity index (χ0n) is 18.3. The van der Waals surface area contributed by atoms with E-state index in [1.165, 1.54) is 17.7 Å². The number of sulfonamides is 1. The highest BCUT2D eigenvalue weighted by Gasteiger charge is 2.17. The molecule has 0 spiro atoms. The van der Waals surface area contributed by atoms with Crippen LogP contribution in [0.3, 0.4) is 0 Å². The van der Waals surface area contributed by atoms with Crippen molar-refractivity contribution in [1.82, 2.24) is 5.32 Å². The topological polar surface area (TPSA) is 84.5 Å². The van der Waals surface area contributed by atoms with Crippen molar-refractivity contribution in [3.63, 3.8) is 0 Å². The third-order valence-electron chi connectivity index (χ3n) is 4.99. The number of anilines is 1. The Hall–Kier alpha value is -3.32. The first-order valence-corrected chi connectivity index (χ1v) is 12.1. The number of benzene rings is 3. The van der Waals surface area contributed by atoms with Gasteiger partial charge >= 0.3 is 0 Å². The zero-order valence-corrected chi connectivity index (χ0v) is 19.1. The molecular weight excluding hydrogens is 424 g/mol. The van der Waals surface area contributed by atoms with Crippen molar-refractivity contribution in [2.24, 2.45) is 0 Å². The van der Waals surface area contributed by atoms with Crippen molar-refractivity contribution in [3.8, 4) is 5.75 Å². The van der Waals surface area contributed by atoms with E-state index in [1.807, 2.05) is 24.3 Å². The van der Waals surface area contributed by atoms with Crippen LogP contribution in [0.2, 0.25) is 0 Å². The summed E-state index contributed by atoms with van der Waals surface area (Å²) in [5.74, 6) is 0.470. The monoisotopic (exact) mass is 452 g/mol. The summed E-state index contributed by atoms with van der Waals surface area (Å²) in [5, 5.41) is 2.82. The Kier molecular flexibility index (Phi) is 7.89. The summed E-state index contributed by atoms with van der Waals surface area (Å²) in [6.45, 7) is 4.52. The molecule has 3 aromatic carbocycles. The van der Waals surface area contributed by atoms with E-state index in [1.54, 1.807) is 43.3 Å². The van der Waals surface area contributed by atoms with Crippen molar-refractivity contribution in [1.29, 1.82) is 0 Å². The van der Waals surface area contributed by atoms with Gasteiger partial charge in [0, 0.05) is 5.56 Å². The molecule has 0 aliphatic heterocycles. The van der Waals surface area contributed by atoms with E-state index in [0.29, 0.717) is 30.0 Å². The number of carbonyl (C=O) groups is 1. The number of aryl methyl sites for hydroxylation is 1. The van der Waals surface area contributed by atoms with Crippen LogP contribution >= 0.6 is 0 Å². The van der Waals surface area contributed by atoms with Crippen LogP contribution in [0.15, 0.2) is 77.7 Å². The SMILES string of the molecule is CCCc1ccc(OCCNC(=O)c2cccc(NS(=O)(=O)c3ccccc3)c2C)cc1. The largest absolute Gasteiger partial charge is 0.492 e. The lowest BCUT2D eigenvalue weighted by molar-refractivity contribution is 0.0946. The van der Waals surface area contributed by atoms with E-state index >= 15 is 0 Å². The minimum Gasteiger partial charge on any atom is -0.492 e. The molecule has 0 heterocycles. The van der Waals surface area contributed by atoms with Crippen LogP contribution in [0.4, 0.5) is 5.69 Å². The number of ether oxygens (including phenoxy) is 1. The highest BCUT2D eigenvalue weighted by molar-refractivity contribution is 7.92. The summed E-state index contributed by atoms with van der Waals surface area (Å²) in [6.07, 6.45) is 2.14. The molecule has 3 rings (SSSR count). The lowest BCUT2D eigenvalue weighted by Crippen LogP contribution is -2.29. The molecule has 0 aliphatic rings.